The van der Waals surface area contributed by atoms with Gasteiger partial charge in [-0.3, -0.25) is 0 Å². The van der Waals surface area contributed by atoms with Crippen LogP contribution in [0.1, 0.15) is 12.7 Å². The van der Waals surface area contributed by atoms with Crippen LogP contribution in [0.3, 0.4) is 0 Å². The highest BCUT2D eigenvalue weighted by Gasteiger charge is 2.12. The maximum absolute atomic E-state index is 8.99. The van der Waals surface area contributed by atoms with E-state index in [0.29, 0.717) is 13.1 Å². The van der Waals surface area contributed by atoms with Crippen LogP contribution in [-0.2, 0) is 13.1 Å². The van der Waals surface area contributed by atoms with E-state index in [2.05, 4.69) is 22.1 Å². The maximum atomic E-state index is 8.99. The van der Waals surface area contributed by atoms with Gasteiger partial charge >= 0.3 is 0 Å². The highest BCUT2D eigenvalue weighted by molar-refractivity contribution is 7.99. The van der Waals surface area contributed by atoms with Crippen molar-refractivity contribution in [1.29, 1.82) is 0 Å². The van der Waals surface area contributed by atoms with Gasteiger partial charge in [0.05, 0.1) is 6.54 Å². The molecule has 0 aliphatic carbocycles. The maximum Gasteiger partial charge on any atom is 0.191 e. The van der Waals surface area contributed by atoms with Crippen molar-refractivity contribution in [3.63, 3.8) is 0 Å². The van der Waals surface area contributed by atoms with Crippen molar-refractivity contribution in [3.05, 3.63) is 18.5 Å². The lowest BCUT2D eigenvalue weighted by atomic mass is 10.2. The Hall–Kier alpha value is -0.560. The first-order valence-corrected chi connectivity index (χ1v) is 6.62. The van der Waals surface area contributed by atoms with Crippen molar-refractivity contribution < 1.29 is 5.11 Å². The number of aromatic nitrogens is 3. The SMILES string of the molecule is C=CCn1c(CNC)nnc1SC[C@@H](C)CO.Cl. The van der Waals surface area contributed by atoms with Gasteiger partial charge in [-0.25, -0.2) is 0 Å². The van der Waals surface area contributed by atoms with Crippen LogP contribution in [0.2, 0.25) is 0 Å². The average Bonchev–Trinajstić information content (AvgIpc) is 2.70. The zero-order valence-corrected chi connectivity index (χ0v) is 12.4. The van der Waals surface area contributed by atoms with E-state index in [9.17, 15) is 0 Å². The summed E-state index contributed by atoms with van der Waals surface area (Å²) >= 11 is 1.62. The number of aliphatic hydroxyl groups excluding tert-OH is 1. The second-order valence-electron chi connectivity index (χ2n) is 3.93. The number of halogens is 1. The van der Waals surface area contributed by atoms with Gasteiger partial charge in [0.15, 0.2) is 5.16 Å². The first-order valence-electron chi connectivity index (χ1n) is 5.64. The standard InChI is InChI=1S/C11H20N4OS.ClH/c1-4-5-15-10(6-12-3)13-14-11(15)17-8-9(2)7-16;/h4,9,12,16H,1,5-8H2,2-3H3;1H/t9-;/m0./s1. The molecule has 1 heterocycles. The fourth-order valence-corrected chi connectivity index (χ4v) is 2.27. The Morgan fingerprint density at radius 3 is 2.83 bits per heavy atom. The smallest absolute Gasteiger partial charge is 0.191 e. The van der Waals surface area contributed by atoms with E-state index in [4.69, 9.17) is 5.11 Å². The number of hydrogen-bond acceptors (Lipinski definition) is 5. The molecule has 7 heteroatoms. The number of allylic oxidation sites excluding steroid dienone is 1. The van der Waals surface area contributed by atoms with Gasteiger partial charge in [0.25, 0.3) is 0 Å². The predicted molar refractivity (Wildman–Crippen MR) is 77.2 cm³/mol. The molecule has 18 heavy (non-hydrogen) atoms. The van der Waals surface area contributed by atoms with Crippen LogP contribution >= 0.6 is 24.2 Å². The van der Waals surface area contributed by atoms with Gasteiger partial charge in [-0.05, 0) is 13.0 Å². The van der Waals surface area contributed by atoms with Crippen molar-refractivity contribution in [2.45, 2.75) is 25.2 Å². The summed E-state index contributed by atoms with van der Waals surface area (Å²) in [5.74, 6) is 2.01. The molecule has 1 atom stereocenters. The number of rotatable bonds is 8. The molecule has 0 aliphatic heterocycles. The summed E-state index contributed by atoms with van der Waals surface area (Å²) in [6.45, 7) is 7.35. The fourth-order valence-electron chi connectivity index (χ4n) is 1.30. The third-order valence-electron chi connectivity index (χ3n) is 2.25. The molecule has 0 amide bonds. The Labute approximate surface area is 118 Å². The second kappa shape index (κ2) is 9.38. The summed E-state index contributed by atoms with van der Waals surface area (Å²) in [5.41, 5.74) is 0. The number of thioether (sulfide) groups is 1. The second-order valence-corrected chi connectivity index (χ2v) is 4.91. The Bertz CT molecular complexity index is 359. The van der Waals surface area contributed by atoms with Gasteiger partial charge in [0.2, 0.25) is 0 Å². The normalized spacial score (nSPS) is 11.9. The molecule has 104 valence electrons. The van der Waals surface area contributed by atoms with Crippen molar-refractivity contribution in [3.8, 4) is 0 Å². The summed E-state index contributed by atoms with van der Waals surface area (Å²) in [6, 6.07) is 0. The Morgan fingerprint density at radius 2 is 2.28 bits per heavy atom. The van der Waals surface area contributed by atoms with Gasteiger partial charge < -0.3 is 15.0 Å². The van der Waals surface area contributed by atoms with E-state index in [0.717, 1.165) is 16.7 Å². The number of aliphatic hydroxyl groups is 1. The number of hydrogen-bond donors (Lipinski definition) is 2. The third kappa shape index (κ3) is 4.97. The van der Waals surface area contributed by atoms with E-state index >= 15 is 0 Å². The lowest BCUT2D eigenvalue weighted by Crippen LogP contribution is -2.13. The fraction of sp³-hybridized carbons (Fsp3) is 0.636. The molecule has 1 aromatic rings. The molecule has 2 N–H and O–H groups in total. The van der Waals surface area contributed by atoms with Crippen LogP contribution in [0.4, 0.5) is 0 Å². The zero-order chi connectivity index (χ0) is 12.7. The van der Waals surface area contributed by atoms with E-state index in [1.54, 1.807) is 11.8 Å². The molecule has 0 saturated carbocycles. The summed E-state index contributed by atoms with van der Waals surface area (Å²) in [7, 11) is 1.88. The Balaban J connectivity index is 0.00000289. The lowest BCUT2D eigenvalue weighted by Gasteiger charge is -2.09. The van der Waals surface area contributed by atoms with E-state index in [1.807, 2.05) is 24.6 Å². The Morgan fingerprint density at radius 1 is 1.56 bits per heavy atom. The molecule has 0 spiro atoms. The molecule has 0 unspecified atom stereocenters. The third-order valence-corrected chi connectivity index (χ3v) is 3.54. The van der Waals surface area contributed by atoms with Crippen molar-refractivity contribution in [2.24, 2.45) is 5.92 Å². The predicted octanol–water partition coefficient (Wildman–Crippen LogP) is 1.33. The van der Waals surface area contributed by atoms with Gasteiger partial charge in [-0.2, -0.15) is 0 Å². The lowest BCUT2D eigenvalue weighted by molar-refractivity contribution is 0.250. The summed E-state index contributed by atoms with van der Waals surface area (Å²) in [5, 5.41) is 21.3. The quantitative estimate of drug-likeness (QED) is 0.559. The molecule has 0 fully saturated rings. The first-order chi connectivity index (χ1) is 8.22. The molecule has 0 saturated heterocycles. The highest BCUT2D eigenvalue weighted by Crippen LogP contribution is 2.19. The van der Waals surface area contributed by atoms with Crippen molar-refractivity contribution >= 4 is 24.2 Å². The molecule has 1 rings (SSSR count). The summed E-state index contributed by atoms with van der Waals surface area (Å²) in [4.78, 5) is 0. The van der Waals surface area contributed by atoms with Crippen LogP contribution in [0.5, 0.6) is 0 Å². The minimum Gasteiger partial charge on any atom is -0.396 e. The topological polar surface area (TPSA) is 63.0 Å². The molecule has 0 aliphatic rings. The highest BCUT2D eigenvalue weighted by atomic mass is 35.5. The summed E-state index contributed by atoms with van der Waals surface area (Å²) < 4.78 is 2.04. The van der Waals surface area contributed by atoms with Crippen LogP contribution in [-0.4, -0.2) is 39.3 Å². The molecular formula is C11H21ClN4OS. The Kier molecular flexibility index (Phi) is 9.09. The van der Waals surface area contributed by atoms with Crippen LogP contribution in [0.25, 0.3) is 0 Å². The van der Waals surface area contributed by atoms with Gasteiger partial charge in [-0.15, -0.1) is 29.2 Å². The molecular weight excluding hydrogens is 272 g/mol. The van der Waals surface area contributed by atoms with Crippen LogP contribution in [0, 0.1) is 5.92 Å². The van der Waals surface area contributed by atoms with E-state index in [1.165, 1.54) is 0 Å². The minimum atomic E-state index is 0. The number of nitrogens with one attached hydrogen (secondary N) is 1. The van der Waals surface area contributed by atoms with Gasteiger partial charge in [0.1, 0.15) is 5.82 Å². The van der Waals surface area contributed by atoms with Crippen molar-refractivity contribution in [2.75, 3.05) is 19.4 Å². The number of nitrogens with zero attached hydrogens (tertiary/aromatic N) is 3. The minimum absolute atomic E-state index is 0. The van der Waals surface area contributed by atoms with Gasteiger partial charge in [0, 0.05) is 18.9 Å². The van der Waals surface area contributed by atoms with E-state index in [-0.39, 0.29) is 24.9 Å². The van der Waals surface area contributed by atoms with Crippen molar-refractivity contribution in [1.82, 2.24) is 20.1 Å². The zero-order valence-electron chi connectivity index (χ0n) is 10.8. The molecule has 0 bridgehead atoms. The monoisotopic (exact) mass is 292 g/mol. The molecule has 1 aromatic heterocycles. The average molecular weight is 293 g/mol. The van der Waals surface area contributed by atoms with Crippen LogP contribution < -0.4 is 5.32 Å². The first kappa shape index (κ1) is 17.4. The van der Waals surface area contributed by atoms with Gasteiger partial charge in [-0.1, -0.05) is 24.8 Å². The largest absolute Gasteiger partial charge is 0.396 e. The summed E-state index contributed by atoms with van der Waals surface area (Å²) in [6.07, 6.45) is 1.84. The molecule has 0 radical (unpaired) electrons. The van der Waals surface area contributed by atoms with Crippen LogP contribution in [0.15, 0.2) is 17.8 Å². The van der Waals surface area contributed by atoms with E-state index < -0.39 is 0 Å². The molecule has 5 nitrogen and oxygen atoms in total. The molecule has 0 aromatic carbocycles.